The Bertz CT molecular complexity index is 511. The van der Waals surface area contributed by atoms with Crippen LogP contribution in [0.15, 0.2) is 36.5 Å². The first-order valence-electron chi connectivity index (χ1n) is 4.97. The summed E-state index contributed by atoms with van der Waals surface area (Å²) in [4.78, 5) is 4.13. The van der Waals surface area contributed by atoms with Gasteiger partial charge in [0.15, 0.2) is 5.75 Å². The largest absolute Gasteiger partial charge is 0.434 e. The molecule has 17 heavy (non-hydrogen) atoms. The highest BCUT2D eigenvalue weighted by Crippen LogP contribution is 2.37. The van der Waals surface area contributed by atoms with E-state index in [1.165, 1.54) is 0 Å². The molecule has 0 aliphatic heterocycles. The molecule has 2 aromatic rings. The van der Waals surface area contributed by atoms with Crippen molar-refractivity contribution >= 4 is 28.9 Å². The van der Waals surface area contributed by atoms with Crippen LogP contribution in [0.3, 0.4) is 0 Å². The van der Waals surface area contributed by atoms with E-state index in [1.807, 2.05) is 12.1 Å². The summed E-state index contributed by atoms with van der Waals surface area (Å²) in [6.45, 7) is 0. The highest BCUT2D eigenvalue weighted by molar-refractivity contribution is 6.37. The zero-order valence-corrected chi connectivity index (χ0v) is 10.6. The maximum absolute atomic E-state index is 6.02. The van der Waals surface area contributed by atoms with Crippen LogP contribution in [0, 0.1) is 0 Å². The van der Waals surface area contributed by atoms with E-state index < -0.39 is 0 Å². The van der Waals surface area contributed by atoms with E-state index >= 15 is 0 Å². The molecule has 0 saturated heterocycles. The molecule has 0 bridgehead atoms. The summed E-state index contributed by atoms with van der Waals surface area (Å²) in [5, 5.41) is 3.88. The Hall–Kier alpha value is -1.45. The Kier molecular flexibility index (Phi) is 3.71. The van der Waals surface area contributed by atoms with Crippen LogP contribution in [0.5, 0.6) is 11.6 Å². The first-order chi connectivity index (χ1) is 8.22. The molecule has 0 aliphatic rings. The molecule has 1 aromatic heterocycles. The van der Waals surface area contributed by atoms with Crippen LogP contribution in [0.4, 0.5) is 5.69 Å². The number of nitrogens with zero attached hydrogens (tertiary/aromatic N) is 1. The van der Waals surface area contributed by atoms with Gasteiger partial charge < -0.3 is 10.1 Å². The molecule has 0 spiro atoms. The van der Waals surface area contributed by atoms with Crippen molar-refractivity contribution in [3.63, 3.8) is 0 Å². The lowest BCUT2D eigenvalue weighted by molar-refractivity contribution is 0.465. The number of para-hydroxylation sites is 1. The van der Waals surface area contributed by atoms with Crippen molar-refractivity contribution in [3.8, 4) is 11.6 Å². The summed E-state index contributed by atoms with van der Waals surface area (Å²) < 4.78 is 5.62. The third-order valence-electron chi connectivity index (χ3n) is 2.16. The lowest BCUT2D eigenvalue weighted by Gasteiger charge is -2.11. The quantitative estimate of drug-likeness (QED) is 0.905. The van der Waals surface area contributed by atoms with Crippen molar-refractivity contribution in [3.05, 3.63) is 46.6 Å². The fraction of sp³-hybridized carbons (Fsp3) is 0.0833. The minimum atomic E-state index is 0.408. The first kappa shape index (κ1) is 12.0. The normalized spacial score (nSPS) is 10.1. The summed E-state index contributed by atoms with van der Waals surface area (Å²) in [6, 6.07) is 8.85. The number of rotatable bonds is 3. The number of hydrogen-bond acceptors (Lipinski definition) is 3. The van der Waals surface area contributed by atoms with E-state index in [0.29, 0.717) is 21.7 Å². The molecule has 0 atom stereocenters. The number of benzene rings is 1. The molecule has 0 radical (unpaired) electrons. The lowest BCUT2D eigenvalue weighted by Crippen LogP contribution is -1.96. The lowest BCUT2D eigenvalue weighted by atomic mass is 10.3. The van der Waals surface area contributed by atoms with Crippen molar-refractivity contribution in [2.24, 2.45) is 0 Å². The molecule has 0 amide bonds. The van der Waals surface area contributed by atoms with Crippen LogP contribution in [-0.2, 0) is 0 Å². The maximum atomic E-state index is 6.02. The number of halogens is 2. The number of ether oxygens (including phenoxy) is 1. The van der Waals surface area contributed by atoms with Crippen molar-refractivity contribution < 1.29 is 4.74 Å². The average Bonchev–Trinajstić information content (AvgIpc) is 2.34. The van der Waals surface area contributed by atoms with Gasteiger partial charge in [0.2, 0.25) is 5.88 Å². The second-order valence-corrected chi connectivity index (χ2v) is 4.07. The topological polar surface area (TPSA) is 34.2 Å². The number of hydrogen-bond donors (Lipinski definition) is 1. The Morgan fingerprint density at radius 1 is 1.12 bits per heavy atom. The van der Waals surface area contributed by atoms with Gasteiger partial charge in [0.1, 0.15) is 0 Å². The van der Waals surface area contributed by atoms with Crippen molar-refractivity contribution in [1.82, 2.24) is 4.98 Å². The number of anilines is 1. The zero-order chi connectivity index (χ0) is 12.3. The molecule has 0 aliphatic carbocycles. The molecule has 1 aromatic carbocycles. The molecule has 1 N–H and O–H groups in total. The Morgan fingerprint density at radius 2 is 1.82 bits per heavy atom. The second-order valence-electron chi connectivity index (χ2n) is 3.26. The number of pyridine rings is 1. The van der Waals surface area contributed by atoms with Gasteiger partial charge >= 0.3 is 0 Å². The van der Waals surface area contributed by atoms with Crippen molar-refractivity contribution in [1.29, 1.82) is 0 Å². The van der Waals surface area contributed by atoms with Gasteiger partial charge in [0.25, 0.3) is 0 Å². The molecule has 88 valence electrons. The van der Waals surface area contributed by atoms with Gasteiger partial charge in [-0.05, 0) is 24.3 Å². The summed E-state index contributed by atoms with van der Waals surface area (Å²) in [5.41, 5.74) is 0.767. The minimum absolute atomic E-state index is 0.408. The second kappa shape index (κ2) is 5.25. The highest BCUT2D eigenvalue weighted by atomic mass is 35.5. The monoisotopic (exact) mass is 268 g/mol. The van der Waals surface area contributed by atoms with E-state index in [4.69, 9.17) is 27.9 Å². The van der Waals surface area contributed by atoms with E-state index in [9.17, 15) is 0 Å². The van der Waals surface area contributed by atoms with E-state index in [0.717, 1.165) is 5.69 Å². The van der Waals surface area contributed by atoms with Gasteiger partial charge in [-0.3, -0.25) is 0 Å². The van der Waals surface area contributed by atoms with E-state index in [2.05, 4.69) is 10.3 Å². The fourth-order valence-electron chi connectivity index (χ4n) is 1.34. The predicted molar refractivity (Wildman–Crippen MR) is 70.3 cm³/mol. The maximum Gasteiger partial charge on any atom is 0.242 e. The molecule has 1 heterocycles. The van der Waals surface area contributed by atoms with Crippen LogP contribution in [0.2, 0.25) is 10.0 Å². The Labute approximate surface area is 109 Å². The predicted octanol–water partition coefficient (Wildman–Crippen LogP) is 4.22. The van der Waals surface area contributed by atoms with Gasteiger partial charge in [-0.15, -0.1) is 0 Å². The average molecular weight is 269 g/mol. The van der Waals surface area contributed by atoms with Gasteiger partial charge in [-0.25, -0.2) is 4.98 Å². The van der Waals surface area contributed by atoms with Gasteiger partial charge in [0.05, 0.1) is 15.7 Å². The molecule has 5 heteroatoms. The van der Waals surface area contributed by atoms with Crippen LogP contribution in [0.1, 0.15) is 0 Å². The third kappa shape index (κ3) is 2.62. The smallest absolute Gasteiger partial charge is 0.242 e. The third-order valence-corrected chi connectivity index (χ3v) is 2.75. The van der Waals surface area contributed by atoms with Crippen LogP contribution in [0.25, 0.3) is 0 Å². The van der Waals surface area contributed by atoms with Crippen LogP contribution >= 0.6 is 23.2 Å². The summed E-state index contributed by atoms with van der Waals surface area (Å²) in [6.07, 6.45) is 1.64. The molecule has 0 saturated carbocycles. The molecule has 3 nitrogen and oxygen atoms in total. The molecule has 0 unspecified atom stereocenters. The summed E-state index contributed by atoms with van der Waals surface area (Å²) in [7, 11) is 1.79. The molecular formula is C12H10Cl2N2O. The fourth-order valence-corrected chi connectivity index (χ4v) is 1.81. The summed E-state index contributed by atoms with van der Waals surface area (Å²) >= 11 is 12.0. The zero-order valence-electron chi connectivity index (χ0n) is 9.08. The van der Waals surface area contributed by atoms with E-state index in [1.54, 1.807) is 31.4 Å². The molecule has 2 rings (SSSR count). The Balaban J connectivity index is 2.38. The van der Waals surface area contributed by atoms with Gasteiger partial charge in [0, 0.05) is 13.2 Å². The first-order valence-corrected chi connectivity index (χ1v) is 5.72. The van der Waals surface area contributed by atoms with Crippen LogP contribution in [-0.4, -0.2) is 12.0 Å². The van der Waals surface area contributed by atoms with Crippen molar-refractivity contribution in [2.75, 3.05) is 12.4 Å². The number of aromatic nitrogens is 1. The number of nitrogens with one attached hydrogen (secondary N) is 1. The van der Waals surface area contributed by atoms with Gasteiger partial charge in [-0.1, -0.05) is 29.3 Å². The summed E-state index contributed by atoms with van der Waals surface area (Å²) in [5.74, 6) is 0.844. The van der Waals surface area contributed by atoms with E-state index in [-0.39, 0.29) is 0 Å². The standard InChI is InChI=1S/C12H10Cl2N2O/c1-15-10-6-3-7-16-12(10)17-11-8(13)4-2-5-9(11)14/h2-7,15H,1H3. The van der Waals surface area contributed by atoms with Gasteiger partial charge in [-0.2, -0.15) is 0 Å². The minimum Gasteiger partial charge on any atom is -0.434 e. The molecule has 0 fully saturated rings. The van der Waals surface area contributed by atoms with Crippen LogP contribution < -0.4 is 10.1 Å². The molecular weight excluding hydrogens is 259 g/mol. The van der Waals surface area contributed by atoms with Crippen molar-refractivity contribution in [2.45, 2.75) is 0 Å². The Morgan fingerprint density at radius 3 is 2.47 bits per heavy atom. The SMILES string of the molecule is CNc1cccnc1Oc1c(Cl)cccc1Cl. The highest BCUT2D eigenvalue weighted by Gasteiger charge is 2.11.